The van der Waals surface area contributed by atoms with Gasteiger partial charge in [-0.1, -0.05) is 6.07 Å². The number of amides is 1. The van der Waals surface area contributed by atoms with Gasteiger partial charge in [0.25, 0.3) is 5.91 Å². The largest absolute Gasteiger partial charge is 0.481 e. The molecule has 1 atom stereocenters. The fourth-order valence-corrected chi connectivity index (χ4v) is 2.51. The van der Waals surface area contributed by atoms with E-state index in [-0.39, 0.29) is 12.7 Å². The molecular weight excluding hydrogens is 320 g/mol. The maximum Gasteiger partial charge on any atom is 0.280 e. The van der Waals surface area contributed by atoms with Crippen molar-refractivity contribution in [3.8, 4) is 17.2 Å². The number of nitrogens with zero attached hydrogens (tertiary/aromatic N) is 1. The molecule has 1 aliphatic rings. The molecule has 0 bridgehead atoms. The molecule has 0 saturated heterocycles. The Kier molecular flexibility index (Phi) is 4.88. The van der Waals surface area contributed by atoms with Gasteiger partial charge in [-0.2, -0.15) is 5.10 Å². The minimum Gasteiger partial charge on any atom is -0.481 e. The van der Waals surface area contributed by atoms with E-state index in [9.17, 15) is 4.79 Å². The first-order valence-electron chi connectivity index (χ1n) is 7.99. The van der Waals surface area contributed by atoms with Gasteiger partial charge in [-0.15, -0.1) is 0 Å². The predicted molar refractivity (Wildman–Crippen MR) is 94.3 cm³/mol. The topological polar surface area (TPSA) is 69.2 Å². The van der Waals surface area contributed by atoms with E-state index in [0.29, 0.717) is 17.2 Å². The third-order valence-electron chi connectivity index (χ3n) is 3.66. The molecule has 1 N–H and O–H groups in total. The number of benzene rings is 2. The number of hydrogen-bond donors (Lipinski definition) is 1. The van der Waals surface area contributed by atoms with E-state index in [2.05, 4.69) is 10.5 Å². The Morgan fingerprint density at radius 2 is 1.88 bits per heavy atom. The summed E-state index contributed by atoms with van der Waals surface area (Å²) in [6, 6.07) is 11.3. The first kappa shape index (κ1) is 16.8. The lowest BCUT2D eigenvalue weighted by atomic mass is 10.1. The van der Waals surface area contributed by atoms with E-state index in [1.165, 1.54) is 0 Å². The van der Waals surface area contributed by atoms with Crippen LogP contribution in [0.2, 0.25) is 0 Å². The van der Waals surface area contributed by atoms with Crippen molar-refractivity contribution in [2.45, 2.75) is 26.9 Å². The molecule has 0 aromatic heterocycles. The summed E-state index contributed by atoms with van der Waals surface area (Å²) in [4.78, 5) is 12.1. The van der Waals surface area contributed by atoms with Crippen LogP contribution in [0.5, 0.6) is 17.2 Å². The standard InChI is InChI=1S/C19H20N2O4/c1-12-6-13(2)8-16(7-12)25-14(3)19(22)21-20-10-15-4-5-17-18(9-15)24-11-23-17/h4-10,14H,11H2,1-3H3,(H,21,22)/t14-/m1/s1. The highest BCUT2D eigenvalue weighted by Gasteiger charge is 2.15. The SMILES string of the molecule is Cc1cc(C)cc(O[C@H](C)C(=O)NN=Cc2ccc3c(c2)OCO3)c1. The van der Waals surface area contributed by atoms with E-state index in [1.807, 2.05) is 38.1 Å². The molecule has 0 saturated carbocycles. The zero-order valence-corrected chi connectivity index (χ0v) is 14.4. The molecule has 0 fully saturated rings. The normalized spacial score (nSPS) is 13.7. The van der Waals surface area contributed by atoms with Crippen molar-refractivity contribution in [1.29, 1.82) is 0 Å². The van der Waals surface area contributed by atoms with Crippen LogP contribution in [0.15, 0.2) is 41.5 Å². The Morgan fingerprint density at radius 3 is 2.64 bits per heavy atom. The van der Waals surface area contributed by atoms with Gasteiger partial charge >= 0.3 is 0 Å². The minimum atomic E-state index is -0.657. The van der Waals surface area contributed by atoms with E-state index in [1.54, 1.807) is 25.3 Å². The van der Waals surface area contributed by atoms with Crippen molar-refractivity contribution in [2.75, 3.05) is 6.79 Å². The third-order valence-corrected chi connectivity index (χ3v) is 3.66. The number of hydrazone groups is 1. The quantitative estimate of drug-likeness (QED) is 0.671. The van der Waals surface area contributed by atoms with Crippen LogP contribution in [-0.4, -0.2) is 25.0 Å². The van der Waals surface area contributed by atoms with Crippen LogP contribution in [0.4, 0.5) is 0 Å². The highest BCUT2D eigenvalue weighted by atomic mass is 16.7. The molecule has 25 heavy (non-hydrogen) atoms. The molecule has 130 valence electrons. The number of carbonyl (C=O) groups excluding carboxylic acids is 1. The molecule has 1 aliphatic heterocycles. The summed E-state index contributed by atoms with van der Waals surface area (Å²) in [5.74, 6) is 1.72. The second-order valence-electron chi connectivity index (χ2n) is 5.93. The van der Waals surface area contributed by atoms with Gasteiger partial charge in [0.2, 0.25) is 6.79 Å². The molecule has 6 heteroatoms. The van der Waals surface area contributed by atoms with Crippen LogP contribution in [0.3, 0.4) is 0 Å². The number of hydrogen-bond acceptors (Lipinski definition) is 5. The summed E-state index contributed by atoms with van der Waals surface area (Å²) >= 11 is 0. The van der Waals surface area contributed by atoms with Crippen molar-refractivity contribution >= 4 is 12.1 Å². The summed E-state index contributed by atoms with van der Waals surface area (Å²) in [6.45, 7) is 5.88. The lowest BCUT2D eigenvalue weighted by Crippen LogP contribution is -2.33. The van der Waals surface area contributed by atoms with Gasteiger partial charge in [0.05, 0.1) is 6.21 Å². The van der Waals surface area contributed by atoms with Crippen molar-refractivity contribution in [1.82, 2.24) is 5.43 Å². The molecule has 0 unspecified atom stereocenters. The van der Waals surface area contributed by atoms with Crippen molar-refractivity contribution < 1.29 is 19.0 Å². The Hall–Kier alpha value is -3.02. The second-order valence-corrected chi connectivity index (χ2v) is 5.93. The fourth-order valence-electron chi connectivity index (χ4n) is 2.51. The molecule has 1 heterocycles. The molecular formula is C19H20N2O4. The maximum absolute atomic E-state index is 12.1. The average Bonchev–Trinajstić information content (AvgIpc) is 3.01. The van der Waals surface area contributed by atoms with Crippen LogP contribution in [0, 0.1) is 13.8 Å². The van der Waals surface area contributed by atoms with Crippen LogP contribution in [-0.2, 0) is 4.79 Å². The summed E-state index contributed by atoms with van der Waals surface area (Å²) in [5.41, 5.74) is 5.45. The molecule has 1 amide bonds. The summed E-state index contributed by atoms with van der Waals surface area (Å²) in [5, 5.41) is 3.96. The molecule has 0 radical (unpaired) electrons. The fraction of sp³-hybridized carbons (Fsp3) is 0.263. The lowest BCUT2D eigenvalue weighted by molar-refractivity contribution is -0.127. The Morgan fingerprint density at radius 1 is 1.16 bits per heavy atom. The number of carbonyl (C=O) groups is 1. The number of aryl methyl sites for hydroxylation is 2. The third kappa shape index (κ3) is 4.29. The van der Waals surface area contributed by atoms with Crippen molar-refractivity contribution in [3.05, 3.63) is 53.1 Å². The van der Waals surface area contributed by atoms with Crippen LogP contribution in [0.25, 0.3) is 0 Å². The smallest absolute Gasteiger partial charge is 0.280 e. The van der Waals surface area contributed by atoms with Gasteiger partial charge in [0.15, 0.2) is 17.6 Å². The van der Waals surface area contributed by atoms with E-state index < -0.39 is 6.10 Å². The zero-order valence-electron chi connectivity index (χ0n) is 14.4. The van der Waals surface area contributed by atoms with Crippen LogP contribution < -0.4 is 19.6 Å². The van der Waals surface area contributed by atoms with Crippen molar-refractivity contribution in [3.63, 3.8) is 0 Å². The Balaban J connectivity index is 1.56. The van der Waals surface area contributed by atoms with Gasteiger partial charge in [0.1, 0.15) is 5.75 Å². The summed E-state index contributed by atoms with van der Waals surface area (Å²) in [7, 11) is 0. The summed E-state index contributed by atoms with van der Waals surface area (Å²) < 4.78 is 16.2. The molecule has 0 aliphatic carbocycles. The van der Waals surface area contributed by atoms with Gasteiger partial charge in [-0.05, 0) is 67.8 Å². The number of rotatable bonds is 5. The van der Waals surface area contributed by atoms with Crippen LogP contribution >= 0.6 is 0 Å². The van der Waals surface area contributed by atoms with Gasteiger partial charge in [-0.25, -0.2) is 5.43 Å². The molecule has 0 spiro atoms. The number of nitrogens with one attached hydrogen (secondary N) is 1. The highest BCUT2D eigenvalue weighted by Crippen LogP contribution is 2.31. The molecule has 3 rings (SSSR count). The first-order valence-corrected chi connectivity index (χ1v) is 7.99. The highest BCUT2D eigenvalue weighted by molar-refractivity contribution is 5.85. The minimum absolute atomic E-state index is 0.222. The predicted octanol–water partition coefficient (Wildman–Crippen LogP) is 2.95. The second kappa shape index (κ2) is 7.25. The summed E-state index contributed by atoms with van der Waals surface area (Å²) in [6.07, 6.45) is 0.888. The van der Waals surface area contributed by atoms with E-state index in [0.717, 1.165) is 16.7 Å². The molecule has 6 nitrogen and oxygen atoms in total. The number of fused-ring (bicyclic) bond motifs is 1. The van der Waals surface area contributed by atoms with E-state index in [4.69, 9.17) is 14.2 Å². The average molecular weight is 340 g/mol. The van der Waals surface area contributed by atoms with Gasteiger partial charge in [0, 0.05) is 0 Å². The zero-order chi connectivity index (χ0) is 17.8. The maximum atomic E-state index is 12.1. The van der Waals surface area contributed by atoms with Crippen LogP contribution in [0.1, 0.15) is 23.6 Å². The van der Waals surface area contributed by atoms with Gasteiger partial charge in [-0.3, -0.25) is 4.79 Å². The molecule has 2 aromatic carbocycles. The number of ether oxygens (including phenoxy) is 3. The first-order chi connectivity index (χ1) is 12.0. The monoisotopic (exact) mass is 340 g/mol. The lowest BCUT2D eigenvalue weighted by Gasteiger charge is -2.14. The van der Waals surface area contributed by atoms with Gasteiger partial charge < -0.3 is 14.2 Å². The van der Waals surface area contributed by atoms with Crippen molar-refractivity contribution in [2.24, 2.45) is 5.10 Å². The Labute approximate surface area is 146 Å². The Bertz CT molecular complexity index is 797. The molecule has 2 aromatic rings. The van der Waals surface area contributed by atoms with E-state index >= 15 is 0 Å².